The van der Waals surface area contributed by atoms with Gasteiger partial charge in [0.05, 0.1) is 18.3 Å². The van der Waals surface area contributed by atoms with E-state index in [1.807, 2.05) is 59.4 Å². The fourth-order valence-corrected chi connectivity index (χ4v) is 3.96. The van der Waals surface area contributed by atoms with E-state index < -0.39 is 5.91 Å². The Kier molecular flexibility index (Phi) is 4.17. The molecule has 5 rings (SSSR count). The van der Waals surface area contributed by atoms with Crippen LogP contribution in [0.3, 0.4) is 0 Å². The van der Waals surface area contributed by atoms with Crippen LogP contribution in [-0.2, 0) is 6.54 Å². The van der Waals surface area contributed by atoms with Gasteiger partial charge >= 0.3 is 0 Å². The van der Waals surface area contributed by atoms with Crippen LogP contribution in [0.5, 0.6) is 0 Å². The fourth-order valence-electron chi connectivity index (χ4n) is 3.64. The van der Waals surface area contributed by atoms with Gasteiger partial charge in [-0.2, -0.15) is 5.10 Å². The van der Waals surface area contributed by atoms with Gasteiger partial charge in [-0.1, -0.05) is 58.4 Å². The summed E-state index contributed by atoms with van der Waals surface area (Å²) in [5, 5.41) is 5.50. The number of aromatic nitrogens is 4. The number of hydrogen-bond acceptors (Lipinski definition) is 3. The molecule has 7 heteroatoms. The van der Waals surface area contributed by atoms with E-state index in [-0.39, 0.29) is 0 Å². The van der Waals surface area contributed by atoms with Gasteiger partial charge in [-0.25, -0.2) is 4.98 Å². The first-order chi connectivity index (χ1) is 14.1. The van der Waals surface area contributed by atoms with Crippen molar-refractivity contribution in [1.82, 2.24) is 19.2 Å². The molecular formula is C22H16BrN5O. The molecular weight excluding hydrogens is 430 g/mol. The number of carbonyl (C=O) groups is 1. The molecule has 0 unspecified atom stereocenters. The number of amides is 1. The van der Waals surface area contributed by atoms with E-state index >= 15 is 0 Å². The summed E-state index contributed by atoms with van der Waals surface area (Å²) < 4.78 is 4.55. The van der Waals surface area contributed by atoms with Crippen LogP contribution in [0.2, 0.25) is 0 Å². The summed E-state index contributed by atoms with van der Waals surface area (Å²) >= 11 is 3.45. The predicted molar refractivity (Wildman–Crippen MR) is 116 cm³/mol. The Morgan fingerprint density at radius 2 is 1.90 bits per heavy atom. The van der Waals surface area contributed by atoms with Crippen molar-refractivity contribution >= 4 is 38.4 Å². The molecule has 0 aliphatic heterocycles. The van der Waals surface area contributed by atoms with Crippen molar-refractivity contribution in [3.05, 3.63) is 88.8 Å². The monoisotopic (exact) mass is 445 g/mol. The van der Waals surface area contributed by atoms with Crippen molar-refractivity contribution in [2.24, 2.45) is 5.73 Å². The maximum atomic E-state index is 12.3. The maximum absolute atomic E-state index is 12.3. The Morgan fingerprint density at radius 3 is 2.69 bits per heavy atom. The normalized spacial score (nSPS) is 11.3. The SMILES string of the molecule is NC(=O)c1c(-c2cccc3c2cnn3Cc2ccccc2)nc2cc(Br)ccn12. The molecule has 6 nitrogen and oxygen atoms in total. The summed E-state index contributed by atoms with van der Waals surface area (Å²) in [7, 11) is 0. The third kappa shape index (κ3) is 3.00. The van der Waals surface area contributed by atoms with Gasteiger partial charge in [0.2, 0.25) is 0 Å². The Hall–Kier alpha value is -3.45. The number of fused-ring (bicyclic) bond motifs is 2. The lowest BCUT2D eigenvalue weighted by Crippen LogP contribution is -2.15. The van der Waals surface area contributed by atoms with Crippen molar-refractivity contribution in [2.75, 3.05) is 0 Å². The second kappa shape index (κ2) is 6.86. The summed E-state index contributed by atoms with van der Waals surface area (Å²) in [5.74, 6) is -0.525. The van der Waals surface area contributed by atoms with Gasteiger partial charge in [0.15, 0.2) is 0 Å². The third-order valence-electron chi connectivity index (χ3n) is 4.94. The van der Waals surface area contributed by atoms with Gasteiger partial charge in [-0.15, -0.1) is 0 Å². The number of hydrogen-bond donors (Lipinski definition) is 1. The predicted octanol–water partition coefficient (Wildman–Crippen LogP) is 4.26. The number of nitrogens with two attached hydrogens (primary N) is 1. The number of pyridine rings is 1. The van der Waals surface area contributed by atoms with Crippen LogP contribution in [0.1, 0.15) is 16.1 Å². The van der Waals surface area contributed by atoms with E-state index in [9.17, 15) is 4.79 Å². The van der Waals surface area contributed by atoms with Gasteiger partial charge in [-0.3, -0.25) is 13.9 Å². The Bertz CT molecular complexity index is 1370. The van der Waals surface area contributed by atoms with Crippen LogP contribution < -0.4 is 5.73 Å². The first-order valence-corrected chi connectivity index (χ1v) is 9.87. The van der Waals surface area contributed by atoms with Gasteiger partial charge in [-0.05, 0) is 23.8 Å². The number of halogens is 1. The lowest BCUT2D eigenvalue weighted by molar-refractivity contribution is 0.0995. The minimum Gasteiger partial charge on any atom is -0.364 e. The molecule has 0 bridgehead atoms. The minimum atomic E-state index is -0.525. The highest BCUT2D eigenvalue weighted by atomic mass is 79.9. The lowest BCUT2D eigenvalue weighted by Gasteiger charge is -2.06. The van der Waals surface area contributed by atoms with E-state index in [1.54, 1.807) is 10.6 Å². The number of rotatable bonds is 4. The molecule has 0 saturated heterocycles. The molecule has 5 aromatic rings. The summed E-state index contributed by atoms with van der Waals surface area (Å²) in [5.41, 5.74) is 10.2. The standard InChI is InChI=1S/C22H16BrN5O/c23-15-9-10-27-19(11-15)26-20(21(27)22(24)29)16-7-4-8-18-17(16)12-25-28(18)13-14-5-2-1-3-6-14/h1-12H,13H2,(H2,24,29). The first kappa shape index (κ1) is 17.6. The third-order valence-corrected chi connectivity index (χ3v) is 5.43. The maximum Gasteiger partial charge on any atom is 0.268 e. The zero-order valence-electron chi connectivity index (χ0n) is 15.3. The molecule has 2 aromatic carbocycles. The van der Waals surface area contributed by atoms with Crippen LogP contribution in [0.4, 0.5) is 0 Å². The van der Waals surface area contributed by atoms with Crippen LogP contribution in [0, 0.1) is 0 Å². The van der Waals surface area contributed by atoms with E-state index in [0.717, 1.165) is 20.9 Å². The summed E-state index contributed by atoms with van der Waals surface area (Å²) in [6, 6.07) is 19.8. The van der Waals surface area contributed by atoms with E-state index in [4.69, 9.17) is 10.7 Å². The summed E-state index contributed by atoms with van der Waals surface area (Å²) in [4.78, 5) is 17.0. The molecule has 3 aromatic heterocycles. The topological polar surface area (TPSA) is 78.2 Å². The number of nitrogens with zero attached hydrogens (tertiary/aromatic N) is 4. The van der Waals surface area contributed by atoms with Crippen LogP contribution >= 0.6 is 15.9 Å². The van der Waals surface area contributed by atoms with Crippen molar-refractivity contribution in [3.8, 4) is 11.3 Å². The largest absolute Gasteiger partial charge is 0.364 e. The fraction of sp³-hybridized carbons (Fsp3) is 0.0455. The Morgan fingerprint density at radius 1 is 1.07 bits per heavy atom. The highest BCUT2D eigenvalue weighted by molar-refractivity contribution is 9.10. The van der Waals surface area contributed by atoms with Crippen LogP contribution in [0.25, 0.3) is 27.8 Å². The van der Waals surface area contributed by atoms with Gasteiger partial charge < -0.3 is 5.73 Å². The Balaban J connectivity index is 1.70. The van der Waals surface area contributed by atoms with Crippen LogP contribution in [0.15, 0.2) is 77.5 Å². The Labute approximate surface area is 174 Å². The smallest absolute Gasteiger partial charge is 0.268 e. The quantitative estimate of drug-likeness (QED) is 0.448. The summed E-state index contributed by atoms with van der Waals surface area (Å²) in [6.07, 6.45) is 3.60. The molecule has 29 heavy (non-hydrogen) atoms. The van der Waals surface area contributed by atoms with Crippen molar-refractivity contribution in [1.29, 1.82) is 0 Å². The first-order valence-electron chi connectivity index (χ1n) is 9.08. The number of benzene rings is 2. The number of carbonyl (C=O) groups excluding carboxylic acids is 1. The molecule has 1 amide bonds. The molecule has 0 atom stereocenters. The molecule has 0 aliphatic carbocycles. The second-order valence-corrected chi connectivity index (χ2v) is 7.69. The second-order valence-electron chi connectivity index (χ2n) is 6.77. The van der Waals surface area contributed by atoms with Gasteiger partial charge in [0.25, 0.3) is 5.91 Å². The molecule has 3 heterocycles. The van der Waals surface area contributed by atoms with E-state index in [0.29, 0.717) is 23.6 Å². The average Bonchev–Trinajstić information content (AvgIpc) is 3.30. The number of imidazole rings is 1. The van der Waals surface area contributed by atoms with Crippen molar-refractivity contribution in [3.63, 3.8) is 0 Å². The highest BCUT2D eigenvalue weighted by Crippen LogP contribution is 2.32. The van der Waals surface area contributed by atoms with Crippen LogP contribution in [-0.4, -0.2) is 25.1 Å². The highest BCUT2D eigenvalue weighted by Gasteiger charge is 2.21. The molecule has 0 fully saturated rings. The van der Waals surface area contributed by atoms with Crippen molar-refractivity contribution in [2.45, 2.75) is 6.54 Å². The zero-order chi connectivity index (χ0) is 20.0. The average molecular weight is 446 g/mol. The minimum absolute atomic E-state index is 0.357. The summed E-state index contributed by atoms with van der Waals surface area (Å²) in [6.45, 7) is 0.661. The molecule has 0 radical (unpaired) electrons. The van der Waals surface area contributed by atoms with E-state index in [1.165, 1.54) is 5.56 Å². The van der Waals surface area contributed by atoms with E-state index in [2.05, 4.69) is 33.2 Å². The van der Waals surface area contributed by atoms with Gasteiger partial charge in [0, 0.05) is 21.6 Å². The molecule has 0 spiro atoms. The molecule has 0 aliphatic rings. The molecule has 142 valence electrons. The lowest BCUT2D eigenvalue weighted by atomic mass is 10.1. The zero-order valence-corrected chi connectivity index (χ0v) is 16.9. The van der Waals surface area contributed by atoms with Gasteiger partial charge in [0.1, 0.15) is 17.0 Å². The van der Waals surface area contributed by atoms with Crippen molar-refractivity contribution < 1.29 is 4.79 Å². The molecule has 2 N–H and O–H groups in total. The number of primary amides is 1. The molecule has 0 saturated carbocycles.